The molecule has 0 aliphatic carbocycles. The molecule has 1 heterocycles. The summed E-state index contributed by atoms with van der Waals surface area (Å²) < 4.78 is 0. The molecule has 0 spiro atoms. The van der Waals surface area contributed by atoms with Crippen molar-refractivity contribution in [1.82, 2.24) is 15.5 Å². The van der Waals surface area contributed by atoms with E-state index in [4.69, 9.17) is 0 Å². The minimum atomic E-state index is -0.0556. The van der Waals surface area contributed by atoms with E-state index in [0.29, 0.717) is 18.2 Å². The van der Waals surface area contributed by atoms with Crippen molar-refractivity contribution < 1.29 is 9.59 Å². The highest BCUT2D eigenvalue weighted by molar-refractivity contribution is 5.94. The van der Waals surface area contributed by atoms with E-state index in [-0.39, 0.29) is 24.2 Å². The normalized spacial score (nSPS) is 17.8. The number of piperazine rings is 1. The molecule has 1 aromatic rings. The van der Waals surface area contributed by atoms with Crippen LogP contribution in [0.3, 0.4) is 0 Å². The summed E-state index contributed by atoms with van der Waals surface area (Å²) in [6.07, 6.45) is 0. The van der Waals surface area contributed by atoms with Crippen molar-refractivity contribution >= 4 is 24.2 Å². The number of hydrogen-bond acceptors (Lipinski definition) is 3. The quantitative estimate of drug-likeness (QED) is 0.881. The van der Waals surface area contributed by atoms with Crippen LogP contribution in [0.2, 0.25) is 0 Å². The number of carbonyl (C=O) groups excluding carboxylic acids is 2. The van der Waals surface area contributed by atoms with E-state index in [2.05, 4.69) is 17.6 Å². The van der Waals surface area contributed by atoms with E-state index in [1.165, 1.54) is 6.92 Å². The topological polar surface area (TPSA) is 61.4 Å². The Morgan fingerprint density at radius 1 is 1.33 bits per heavy atom. The van der Waals surface area contributed by atoms with Crippen molar-refractivity contribution in [2.75, 3.05) is 19.6 Å². The molecule has 1 aliphatic heterocycles. The minimum Gasteiger partial charge on any atom is -0.352 e. The molecule has 0 aromatic heterocycles. The van der Waals surface area contributed by atoms with Gasteiger partial charge < -0.3 is 15.5 Å². The van der Waals surface area contributed by atoms with Crippen molar-refractivity contribution in [3.8, 4) is 0 Å². The first kappa shape index (κ1) is 17.5. The van der Waals surface area contributed by atoms with Crippen molar-refractivity contribution in [3.63, 3.8) is 0 Å². The first-order chi connectivity index (χ1) is 9.56. The van der Waals surface area contributed by atoms with Gasteiger partial charge in [0.1, 0.15) is 0 Å². The van der Waals surface area contributed by atoms with E-state index in [0.717, 1.165) is 25.2 Å². The van der Waals surface area contributed by atoms with Crippen LogP contribution in [0.15, 0.2) is 24.3 Å². The molecule has 0 radical (unpaired) electrons. The van der Waals surface area contributed by atoms with Crippen LogP contribution in [0, 0.1) is 0 Å². The van der Waals surface area contributed by atoms with Crippen molar-refractivity contribution in [1.29, 1.82) is 0 Å². The van der Waals surface area contributed by atoms with Crippen molar-refractivity contribution in [2.45, 2.75) is 26.4 Å². The zero-order valence-corrected chi connectivity index (χ0v) is 13.2. The average Bonchev–Trinajstić information content (AvgIpc) is 2.45. The Morgan fingerprint density at radius 3 is 2.57 bits per heavy atom. The molecule has 2 rings (SSSR count). The highest BCUT2D eigenvalue weighted by Gasteiger charge is 2.21. The van der Waals surface area contributed by atoms with E-state index < -0.39 is 0 Å². The van der Waals surface area contributed by atoms with Crippen LogP contribution in [0.25, 0.3) is 0 Å². The zero-order valence-electron chi connectivity index (χ0n) is 12.4. The van der Waals surface area contributed by atoms with Crippen LogP contribution < -0.4 is 10.6 Å². The second kappa shape index (κ2) is 8.00. The van der Waals surface area contributed by atoms with Crippen LogP contribution in [-0.2, 0) is 11.3 Å². The molecule has 1 unspecified atom stereocenters. The predicted octanol–water partition coefficient (Wildman–Crippen LogP) is 1.18. The van der Waals surface area contributed by atoms with Gasteiger partial charge in [0.05, 0.1) is 0 Å². The van der Waals surface area contributed by atoms with Crippen LogP contribution in [-0.4, -0.2) is 42.4 Å². The maximum Gasteiger partial charge on any atom is 0.253 e. The molecule has 5 nitrogen and oxygen atoms in total. The van der Waals surface area contributed by atoms with E-state index in [1.54, 1.807) is 0 Å². The number of halogens is 1. The lowest BCUT2D eigenvalue weighted by Crippen LogP contribution is -2.51. The summed E-state index contributed by atoms with van der Waals surface area (Å²) in [6, 6.07) is 7.76. The molecule has 1 aromatic carbocycles. The van der Waals surface area contributed by atoms with Crippen LogP contribution in [0.1, 0.15) is 29.8 Å². The molecule has 116 valence electrons. The minimum absolute atomic E-state index is 0. The summed E-state index contributed by atoms with van der Waals surface area (Å²) in [6.45, 7) is 6.39. The summed E-state index contributed by atoms with van der Waals surface area (Å²) in [4.78, 5) is 25.1. The van der Waals surface area contributed by atoms with E-state index in [1.807, 2.05) is 29.2 Å². The fourth-order valence-electron chi connectivity index (χ4n) is 2.29. The molecule has 0 bridgehead atoms. The Labute approximate surface area is 131 Å². The third-order valence-electron chi connectivity index (χ3n) is 3.40. The van der Waals surface area contributed by atoms with Crippen molar-refractivity contribution in [2.24, 2.45) is 0 Å². The molecular weight excluding hydrogens is 290 g/mol. The molecule has 0 saturated carbocycles. The van der Waals surface area contributed by atoms with Crippen molar-refractivity contribution in [3.05, 3.63) is 35.4 Å². The van der Waals surface area contributed by atoms with Gasteiger partial charge in [-0.15, -0.1) is 12.4 Å². The van der Waals surface area contributed by atoms with Gasteiger partial charge in [0, 0.05) is 44.7 Å². The first-order valence-corrected chi connectivity index (χ1v) is 6.92. The van der Waals surface area contributed by atoms with Gasteiger partial charge in [0.25, 0.3) is 5.91 Å². The molecule has 21 heavy (non-hydrogen) atoms. The number of benzene rings is 1. The van der Waals surface area contributed by atoms with Crippen LogP contribution in [0.5, 0.6) is 0 Å². The summed E-state index contributed by atoms with van der Waals surface area (Å²) in [5.41, 5.74) is 1.69. The maximum atomic E-state index is 12.4. The third-order valence-corrected chi connectivity index (χ3v) is 3.40. The van der Waals surface area contributed by atoms with E-state index >= 15 is 0 Å². The molecule has 1 saturated heterocycles. The SMILES string of the molecule is CC(=O)NCc1ccc(C(=O)N2CCNC(C)C2)cc1.Cl. The maximum absolute atomic E-state index is 12.4. The van der Waals surface area contributed by atoms with Gasteiger partial charge in [0.2, 0.25) is 5.91 Å². The van der Waals surface area contributed by atoms with Gasteiger partial charge in [-0.3, -0.25) is 9.59 Å². The first-order valence-electron chi connectivity index (χ1n) is 6.92. The lowest BCUT2D eigenvalue weighted by atomic mass is 10.1. The zero-order chi connectivity index (χ0) is 14.5. The average molecular weight is 312 g/mol. The number of rotatable bonds is 3. The second-order valence-corrected chi connectivity index (χ2v) is 5.21. The number of hydrogen-bond donors (Lipinski definition) is 2. The fraction of sp³-hybridized carbons (Fsp3) is 0.467. The Morgan fingerprint density at radius 2 is 2.00 bits per heavy atom. The molecular formula is C15H22ClN3O2. The molecule has 2 N–H and O–H groups in total. The highest BCUT2D eigenvalue weighted by Crippen LogP contribution is 2.10. The summed E-state index contributed by atoms with van der Waals surface area (Å²) in [5, 5.41) is 6.06. The largest absolute Gasteiger partial charge is 0.352 e. The molecule has 1 fully saturated rings. The fourth-order valence-corrected chi connectivity index (χ4v) is 2.29. The third kappa shape index (κ3) is 5.02. The van der Waals surface area contributed by atoms with Gasteiger partial charge in [-0.2, -0.15) is 0 Å². The Hall–Kier alpha value is -1.59. The second-order valence-electron chi connectivity index (χ2n) is 5.21. The van der Waals surface area contributed by atoms with Gasteiger partial charge in [0.15, 0.2) is 0 Å². The Kier molecular flexibility index (Phi) is 6.65. The van der Waals surface area contributed by atoms with E-state index in [9.17, 15) is 9.59 Å². The summed E-state index contributed by atoms with van der Waals surface area (Å²) in [5.74, 6) is 0.0179. The molecule has 1 atom stereocenters. The molecule has 1 aliphatic rings. The number of carbonyl (C=O) groups is 2. The molecule has 6 heteroatoms. The lowest BCUT2D eigenvalue weighted by Gasteiger charge is -2.32. The summed E-state index contributed by atoms with van der Waals surface area (Å²) in [7, 11) is 0. The van der Waals surface area contributed by atoms with Crippen LogP contribution in [0.4, 0.5) is 0 Å². The smallest absolute Gasteiger partial charge is 0.253 e. The van der Waals surface area contributed by atoms with Gasteiger partial charge in [-0.05, 0) is 24.6 Å². The molecule has 2 amide bonds. The number of amides is 2. The van der Waals surface area contributed by atoms with Crippen LogP contribution >= 0.6 is 12.4 Å². The van der Waals surface area contributed by atoms with Gasteiger partial charge >= 0.3 is 0 Å². The lowest BCUT2D eigenvalue weighted by molar-refractivity contribution is -0.119. The number of nitrogens with one attached hydrogen (secondary N) is 2. The Balaban J connectivity index is 0.00000220. The van der Waals surface area contributed by atoms with Gasteiger partial charge in [-0.25, -0.2) is 0 Å². The number of nitrogens with zero attached hydrogens (tertiary/aromatic N) is 1. The Bertz CT molecular complexity index is 490. The van der Waals surface area contributed by atoms with Gasteiger partial charge in [-0.1, -0.05) is 12.1 Å². The predicted molar refractivity (Wildman–Crippen MR) is 84.6 cm³/mol. The standard InChI is InChI=1S/C15H21N3O2.ClH/c1-11-10-18(8-7-16-11)15(20)14-5-3-13(4-6-14)9-17-12(2)19;/h3-6,11,16H,7-10H2,1-2H3,(H,17,19);1H. The summed E-state index contributed by atoms with van der Waals surface area (Å²) >= 11 is 0. The highest BCUT2D eigenvalue weighted by atomic mass is 35.5. The monoisotopic (exact) mass is 311 g/mol.